The summed E-state index contributed by atoms with van der Waals surface area (Å²) in [6, 6.07) is 20.3. The van der Waals surface area contributed by atoms with Crippen molar-refractivity contribution in [2.75, 3.05) is 0 Å². The van der Waals surface area contributed by atoms with Gasteiger partial charge in [-0.05, 0) is 17.2 Å². The Bertz CT molecular complexity index is 508. The van der Waals surface area contributed by atoms with Gasteiger partial charge in [0.05, 0.1) is 11.6 Å². The Morgan fingerprint density at radius 1 is 0.938 bits per heavy atom. The van der Waals surface area contributed by atoms with Gasteiger partial charge in [0, 0.05) is 5.92 Å². The van der Waals surface area contributed by atoms with Crippen LogP contribution in [0.3, 0.4) is 0 Å². The Hall–Kier alpha value is -2.07. The van der Waals surface area contributed by atoms with Gasteiger partial charge in [0.15, 0.2) is 0 Å². The summed E-state index contributed by atoms with van der Waals surface area (Å²) in [5.41, 5.74) is 3.10. The van der Waals surface area contributed by atoms with E-state index in [4.69, 9.17) is 5.26 Å². The SMILES string of the molecule is CC(c1ccccc1)c1ccccc1C#N. The molecule has 0 aromatic heterocycles. The Morgan fingerprint density at radius 3 is 2.25 bits per heavy atom. The van der Waals surface area contributed by atoms with Gasteiger partial charge in [0.25, 0.3) is 0 Å². The summed E-state index contributed by atoms with van der Waals surface area (Å²) < 4.78 is 0. The van der Waals surface area contributed by atoms with Gasteiger partial charge in [-0.15, -0.1) is 0 Å². The highest BCUT2D eigenvalue weighted by atomic mass is 14.3. The zero-order chi connectivity index (χ0) is 11.4. The lowest BCUT2D eigenvalue weighted by Crippen LogP contribution is -1.98. The largest absolute Gasteiger partial charge is 0.192 e. The number of rotatable bonds is 2. The van der Waals surface area contributed by atoms with Crippen LogP contribution >= 0.6 is 0 Å². The maximum absolute atomic E-state index is 9.06. The van der Waals surface area contributed by atoms with E-state index < -0.39 is 0 Å². The summed E-state index contributed by atoms with van der Waals surface area (Å²) in [4.78, 5) is 0. The van der Waals surface area contributed by atoms with Gasteiger partial charge in [-0.25, -0.2) is 0 Å². The van der Waals surface area contributed by atoms with Gasteiger partial charge in [-0.1, -0.05) is 55.5 Å². The molecular formula is C15H13N. The van der Waals surface area contributed by atoms with Crippen LogP contribution in [0.1, 0.15) is 29.5 Å². The summed E-state index contributed by atoms with van der Waals surface area (Å²) >= 11 is 0. The number of benzene rings is 2. The van der Waals surface area contributed by atoms with Crippen molar-refractivity contribution in [3.63, 3.8) is 0 Å². The minimum Gasteiger partial charge on any atom is -0.192 e. The molecule has 0 fully saturated rings. The van der Waals surface area contributed by atoms with Crippen LogP contribution in [0.5, 0.6) is 0 Å². The lowest BCUT2D eigenvalue weighted by Gasteiger charge is -2.13. The molecule has 1 atom stereocenters. The predicted molar refractivity (Wildman–Crippen MR) is 65.1 cm³/mol. The first-order valence-electron chi connectivity index (χ1n) is 5.37. The lowest BCUT2D eigenvalue weighted by molar-refractivity contribution is 0.917. The third kappa shape index (κ3) is 1.97. The van der Waals surface area contributed by atoms with Crippen molar-refractivity contribution >= 4 is 0 Å². The van der Waals surface area contributed by atoms with Crippen LogP contribution in [0.4, 0.5) is 0 Å². The van der Waals surface area contributed by atoms with E-state index in [0.717, 1.165) is 11.1 Å². The summed E-state index contributed by atoms with van der Waals surface area (Å²) in [5, 5.41) is 9.06. The van der Waals surface area contributed by atoms with Gasteiger partial charge in [-0.2, -0.15) is 5.26 Å². The fourth-order valence-electron chi connectivity index (χ4n) is 1.90. The summed E-state index contributed by atoms with van der Waals surface area (Å²) in [6.07, 6.45) is 0. The third-order valence-electron chi connectivity index (χ3n) is 2.85. The van der Waals surface area contributed by atoms with E-state index in [1.165, 1.54) is 5.56 Å². The molecule has 0 saturated heterocycles. The average Bonchev–Trinajstić information content (AvgIpc) is 2.39. The molecule has 1 heteroatoms. The molecule has 0 radical (unpaired) electrons. The first-order valence-corrected chi connectivity index (χ1v) is 5.37. The molecule has 2 rings (SSSR count). The van der Waals surface area contributed by atoms with E-state index in [1.54, 1.807) is 0 Å². The monoisotopic (exact) mass is 207 g/mol. The molecule has 16 heavy (non-hydrogen) atoms. The molecule has 0 amide bonds. The van der Waals surface area contributed by atoms with Crippen LogP contribution in [-0.2, 0) is 0 Å². The molecular weight excluding hydrogens is 194 g/mol. The second kappa shape index (κ2) is 4.63. The Balaban J connectivity index is 2.42. The Kier molecular flexibility index (Phi) is 3.03. The van der Waals surface area contributed by atoms with Gasteiger partial charge in [-0.3, -0.25) is 0 Å². The van der Waals surface area contributed by atoms with Crippen molar-refractivity contribution in [3.8, 4) is 6.07 Å². The zero-order valence-corrected chi connectivity index (χ0v) is 9.22. The van der Waals surface area contributed by atoms with Crippen molar-refractivity contribution in [3.05, 3.63) is 71.3 Å². The molecule has 0 bridgehead atoms. The highest BCUT2D eigenvalue weighted by molar-refractivity contribution is 5.43. The lowest BCUT2D eigenvalue weighted by atomic mass is 9.90. The highest BCUT2D eigenvalue weighted by Crippen LogP contribution is 2.26. The van der Waals surface area contributed by atoms with E-state index >= 15 is 0 Å². The van der Waals surface area contributed by atoms with Crippen LogP contribution in [0.2, 0.25) is 0 Å². The van der Waals surface area contributed by atoms with Gasteiger partial charge >= 0.3 is 0 Å². The van der Waals surface area contributed by atoms with Crippen LogP contribution in [0.15, 0.2) is 54.6 Å². The summed E-state index contributed by atoms with van der Waals surface area (Å²) in [7, 11) is 0. The molecule has 78 valence electrons. The van der Waals surface area contributed by atoms with E-state index in [0.29, 0.717) is 0 Å². The summed E-state index contributed by atoms with van der Waals surface area (Å²) in [6.45, 7) is 2.13. The van der Waals surface area contributed by atoms with Crippen molar-refractivity contribution in [2.45, 2.75) is 12.8 Å². The van der Waals surface area contributed by atoms with E-state index in [1.807, 2.05) is 42.5 Å². The summed E-state index contributed by atoms with van der Waals surface area (Å²) in [5.74, 6) is 0.261. The molecule has 0 N–H and O–H groups in total. The van der Waals surface area contributed by atoms with Crippen molar-refractivity contribution in [1.82, 2.24) is 0 Å². The second-order valence-corrected chi connectivity index (χ2v) is 3.83. The van der Waals surface area contributed by atoms with E-state index in [-0.39, 0.29) is 5.92 Å². The van der Waals surface area contributed by atoms with Gasteiger partial charge in [0.2, 0.25) is 0 Å². The maximum Gasteiger partial charge on any atom is 0.0994 e. The minimum absolute atomic E-state index is 0.261. The second-order valence-electron chi connectivity index (χ2n) is 3.83. The molecule has 0 spiro atoms. The van der Waals surface area contributed by atoms with Gasteiger partial charge < -0.3 is 0 Å². The zero-order valence-electron chi connectivity index (χ0n) is 9.22. The number of nitriles is 1. The first-order chi connectivity index (χ1) is 7.83. The Morgan fingerprint density at radius 2 is 1.56 bits per heavy atom. The van der Waals surface area contributed by atoms with Crippen LogP contribution in [0.25, 0.3) is 0 Å². The Labute approximate surface area is 96.0 Å². The van der Waals surface area contributed by atoms with Gasteiger partial charge in [0.1, 0.15) is 0 Å². The molecule has 0 aliphatic heterocycles. The number of hydrogen-bond donors (Lipinski definition) is 0. The average molecular weight is 207 g/mol. The third-order valence-corrected chi connectivity index (χ3v) is 2.85. The predicted octanol–water partition coefficient (Wildman–Crippen LogP) is 3.71. The smallest absolute Gasteiger partial charge is 0.0994 e. The fraction of sp³-hybridized carbons (Fsp3) is 0.133. The molecule has 2 aromatic rings. The molecule has 1 unspecified atom stereocenters. The van der Waals surface area contributed by atoms with Crippen LogP contribution < -0.4 is 0 Å². The van der Waals surface area contributed by atoms with E-state index in [2.05, 4.69) is 25.1 Å². The quantitative estimate of drug-likeness (QED) is 0.736. The number of nitrogens with zero attached hydrogens (tertiary/aromatic N) is 1. The molecule has 0 heterocycles. The standard InChI is InChI=1S/C15H13N/c1-12(13-7-3-2-4-8-13)15-10-6-5-9-14(15)11-16/h2-10,12H,1H3. The molecule has 0 saturated carbocycles. The number of hydrogen-bond acceptors (Lipinski definition) is 1. The molecule has 1 nitrogen and oxygen atoms in total. The first kappa shape index (κ1) is 10.4. The van der Waals surface area contributed by atoms with Crippen LogP contribution in [0, 0.1) is 11.3 Å². The maximum atomic E-state index is 9.06. The molecule has 0 aliphatic rings. The van der Waals surface area contributed by atoms with Crippen molar-refractivity contribution < 1.29 is 0 Å². The van der Waals surface area contributed by atoms with Crippen molar-refractivity contribution in [1.29, 1.82) is 5.26 Å². The molecule has 0 aliphatic carbocycles. The topological polar surface area (TPSA) is 23.8 Å². The fourth-order valence-corrected chi connectivity index (χ4v) is 1.90. The molecule has 2 aromatic carbocycles. The van der Waals surface area contributed by atoms with Crippen molar-refractivity contribution in [2.24, 2.45) is 0 Å². The highest BCUT2D eigenvalue weighted by Gasteiger charge is 2.11. The van der Waals surface area contributed by atoms with E-state index in [9.17, 15) is 0 Å². The minimum atomic E-state index is 0.261. The van der Waals surface area contributed by atoms with Crippen LogP contribution in [-0.4, -0.2) is 0 Å². The normalized spacial score (nSPS) is 11.8.